The molecule has 3 rings (SSSR count). The van der Waals surface area contributed by atoms with Crippen LogP contribution in [0.5, 0.6) is 0 Å². The number of aryl methyl sites for hydroxylation is 1. The van der Waals surface area contributed by atoms with Crippen molar-refractivity contribution in [3.8, 4) is 0 Å². The van der Waals surface area contributed by atoms with Gasteiger partial charge in [0.25, 0.3) is 0 Å². The molecule has 0 saturated carbocycles. The van der Waals surface area contributed by atoms with Gasteiger partial charge in [0, 0.05) is 17.2 Å². The second-order valence-electron chi connectivity index (χ2n) is 4.96. The lowest BCUT2D eigenvalue weighted by molar-refractivity contribution is 0.0999. The Morgan fingerprint density at radius 3 is 2.68 bits per heavy atom. The van der Waals surface area contributed by atoms with Crippen molar-refractivity contribution < 1.29 is 4.79 Å². The Morgan fingerprint density at radius 2 is 1.89 bits per heavy atom. The molecule has 2 aromatic rings. The lowest BCUT2D eigenvalue weighted by Crippen LogP contribution is -2.16. The van der Waals surface area contributed by atoms with E-state index in [0.29, 0.717) is 11.3 Å². The quantitative estimate of drug-likeness (QED) is 0.806. The van der Waals surface area contributed by atoms with Crippen LogP contribution in [0.2, 0.25) is 0 Å². The van der Waals surface area contributed by atoms with Gasteiger partial charge in [-0.3, -0.25) is 4.79 Å². The Labute approximate surface area is 112 Å². The molecule has 0 saturated heterocycles. The molecule has 1 atom stereocenters. The minimum absolute atomic E-state index is 0.180. The predicted octanol–water partition coefficient (Wildman–Crippen LogP) is 2.45. The monoisotopic (exact) mass is 252 g/mol. The van der Waals surface area contributed by atoms with E-state index in [9.17, 15) is 4.79 Å². The van der Waals surface area contributed by atoms with E-state index < -0.39 is 5.91 Å². The van der Waals surface area contributed by atoms with Crippen LogP contribution in [0.15, 0.2) is 42.5 Å². The summed E-state index contributed by atoms with van der Waals surface area (Å²) in [6.07, 6.45) is 2.00. The number of nitrogen functional groups attached to an aromatic ring is 1. The fourth-order valence-corrected chi connectivity index (χ4v) is 3.04. The summed E-state index contributed by atoms with van der Waals surface area (Å²) in [4.78, 5) is 11.6. The molecule has 0 spiro atoms. The Bertz CT molecular complexity index is 649. The first kappa shape index (κ1) is 11.8. The summed E-state index contributed by atoms with van der Waals surface area (Å²) in [6.45, 7) is 0. The molecule has 4 N–H and O–H groups in total. The zero-order chi connectivity index (χ0) is 13.4. The molecular weight excluding hydrogens is 236 g/mol. The SMILES string of the molecule is NC(=O)c1cccc(N)c1C1CCc2ccccc21. The molecular formula is C16H16N2O. The summed E-state index contributed by atoms with van der Waals surface area (Å²) in [5, 5.41) is 0. The number of hydrogen-bond donors (Lipinski definition) is 2. The highest BCUT2D eigenvalue weighted by atomic mass is 16.1. The second-order valence-corrected chi connectivity index (χ2v) is 4.96. The molecule has 96 valence electrons. The normalized spacial score (nSPS) is 17.2. The number of rotatable bonds is 2. The summed E-state index contributed by atoms with van der Waals surface area (Å²) >= 11 is 0. The van der Waals surface area contributed by atoms with Crippen molar-refractivity contribution in [2.75, 3.05) is 5.73 Å². The molecule has 1 unspecified atom stereocenters. The van der Waals surface area contributed by atoms with Gasteiger partial charge in [0.15, 0.2) is 0 Å². The van der Waals surface area contributed by atoms with E-state index in [1.54, 1.807) is 12.1 Å². The van der Waals surface area contributed by atoms with Crippen LogP contribution < -0.4 is 11.5 Å². The van der Waals surface area contributed by atoms with Gasteiger partial charge >= 0.3 is 0 Å². The van der Waals surface area contributed by atoms with Crippen molar-refractivity contribution in [2.45, 2.75) is 18.8 Å². The number of carbonyl (C=O) groups excluding carboxylic acids is 1. The maximum Gasteiger partial charge on any atom is 0.249 e. The maximum atomic E-state index is 11.6. The standard InChI is InChI=1S/C16H16N2O/c17-14-7-3-6-13(16(18)19)15(14)12-9-8-10-4-1-2-5-11(10)12/h1-7,12H,8-9,17H2,(H2,18,19). The van der Waals surface area contributed by atoms with Gasteiger partial charge in [-0.05, 0) is 41.7 Å². The summed E-state index contributed by atoms with van der Waals surface area (Å²) in [6, 6.07) is 13.7. The fraction of sp³-hybridized carbons (Fsp3) is 0.188. The number of benzene rings is 2. The van der Waals surface area contributed by atoms with E-state index in [2.05, 4.69) is 12.1 Å². The largest absolute Gasteiger partial charge is 0.398 e. The topological polar surface area (TPSA) is 69.1 Å². The molecule has 1 aliphatic carbocycles. The minimum Gasteiger partial charge on any atom is -0.398 e. The van der Waals surface area contributed by atoms with E-state index in [1.807, 2.05) is 18.2 Å². The fourth-order valence-electron chi connectivity index (χ4n) is 3.04. The van der Waals surface area contributed by atoms with Crippen molar-refractivity contribution in [2.24, 2.45) is 5.73 Å². The van der Waals surface area contributed by atoms with Gasteiger partial charge in [-0.1, -0.05) is 30.3 Å². The third-order valence-electron chi connectivity index (χ3n) is 3.89. The number of hydrogen-bond acceptors (Lipinski definition) is 2. The summed E-state index contributed by atoms with van der Waals surface area (Å²) in [5.74, 6) is -0.230. The first-order chi connectivity index (χ1) is 9.18. The van der Waals surface area contributed by atoms with Crippen LogP contribution in [0, 0.1) is 0 Å². The molecule has 0 heterocycles. The average molecular weight is 252 g/mol. The van der Waals surface area contributed by atoms with Gasteiger partial charge in [-0.15, -0.1) is 0 Å². The van der Waals surface area contributed by atoms with E-state index >= 15 is 0 Å². The zero-order valence-corrected chi connectivity index (χ0v) is 10.6. The second kappa shape index (κ2) is 4.43. The predicted molar refractivity (Wildman–Crippen MR) is 76.0 cm³/mol. The van der Waals surface area contributed by atoms with Gasteiger partial charge in [0.05, 0.1) is 0 Å². The summed E-state index contributed by atoms with van der Waals surface area (Å²) in [7, 11) is 0. The highest BCUT2D eigenvalue weighted by Gasteiger charge is 2.28. The number of amides is 1. The molecule has 1 amide bonds. The molecule has 0 fully saturated rings. The zero-order valence-electron chi connectivity index (χ0n) is 10.6. The van der Waals surface area contributed by atoms with Gasteiger partial charge in [-0.25, -0.2) is 0 Å². The van der Waals surface area contributed by atoms with Gasteiger partial charge in [-0.2, -0.15) is 0 Å². The van der Waals surface area contributed by atoms with E-state index in [-0.39, 0.29) is 5.92 Å². The van der Waals surface area contributed by atoms with Crippen molar-refractivity contribution in [3.05, 3.63) is 64.7 Å². The van der Waals surface area contributed by atoms with Crippen LogP contribution >= 0.6 is 0 Å². The molecule has 0 aromatic heterocycles. The third kappa shape index (κ3) is 1.87. The number of nitrogens with two attached hydrogens (primary N) is 2. The third-order valence-corrected chi connectivity index (χ3v) is 3.89. The maximum absolute atomic E-state index is 11.6. The van der Waals surface area contributed by atoms with Crippen LogP contribution in [-0.2, 0) is 6.42 Å². The number of carbonyl (C=O) groups is 1. The first-order valence-corrected chi connectivity index (χ1v) is 6.44. The number of primary amides is 1. The minimum atomic E-state index is -0.410. The van der Waals surface area contributed by atoms with Crippen LogP contribution in [0.1, 0.15) is 39.4 Å². The van der Waals surface area contributed by atoms with Crippen molar-refractivity contribution in [3.63, 3.8) is 0 Å². The highest BCUT2D eigenvalue weighted by Crippen LogP contribution is 2.41. The Kier molecular flexibility index (Phi) is 2.75. The first-order valence-electron chi connectivity index (χ1n) is 6.44. The van der Waals surface area contributed by atoms with Crippen LogP contribution in [0.4, 0.5) is 5.69 Å². The lowest BCUT2D eigenvalue weighted by Gasteiger charge is -2.17. The van der Waals surface area contributed by atoms with Crippen LogP contribution in [0.25, 0.3) is 0 Å². The molecule has 19 heavy (non-hydrogen) atoms. The van der Waals surface area contributed by atoms with Crippen molar-refractivity contribution >= 4 is 11.6 Å². The lowest BCUT2D eigenvalue weighted by atomic mass is 9.88. The molecule has 0 bridgehead atoms. The highest BCUT2D eigenvalue weighted by molar-refractivity contribution is 5.96. The van der Waals surface area contributed by atoms with Gasteiger partial charge < -0.3 is 11.5 Å². The Hall–Kier alpha value is -2.29. The smallest absolute Gasteiger partial charge is 0.249 e. The molecule has 1 aliphatic rings. The number of anilines is 1. The van der Waals surface area contributed by atoms with Gasteiger partial charge in [0.1, 0.15) is 0 Å². The van der Waals surface area contributed by atoms with Crippen LogP contribution in [0.3, 0.4) is 0 Å². The molecule has 0 aliphatic heterocycles. The summed E-state index contributed by atoms with van der Waals surface area (Å²) < 4.78 is 0. The summed E-state index contributed by atoms with van der Waals surface area (Å²) in [5.41, 5.74) is 16.3. The van der Waals surface area contributed by atoms with E-state index in [0.717, 1.165) is 18.4 Å². The number of fused-ring (bicyclic) bond motifs is 1. The van der Waals surface area contributed by atoms with E-state index in [4.69, 9.17) is 11.5 Å². The Morgan fingerprint density at radius 1 is 1.11 bits per heavy atom. The van der Waals surface area contributed by atoms with Gasteiger partial charge in [0.2, 0.25) is 5.91 Å². The Balaban J connectivity index is 2.17. The average Bonchev–Trinajstić information content (AvgIpc) is 2.82. The molecule has 0 radical (unpaired) electrons. The van der Waals surface area contributed by atoms with E-state index in [1.165, 1.54) is 11.1 Å². The molecule has 3 nitrogen and oxygen atoms in total. The van der Waals surface area contributed by atoms with Crippen molar-refractivity contribution in [1.82, 2.24) is 0 Å². The van der Waals surface area contributed by atoms with Crippen LogP contribution in [-0.4, -0.2) is 5.91 Å². The molecule has 3 heteroatoms. The van der Waals surface area contributed by atoms with Crippen molar-refractivity contribution in [1.29, 1.82) is 0 Å². The molecule has 2 aromatic carbocycles.